The highest BCUT2D eigenvalue weighted by Crippen LogP contribution is 2.39. The third-order valence-electron chi connectivity index (χ3n) is 6.00. The molecule has 2 aliphatic rings. The van der Waals surface area contributed by atoms with E-state index in [9.17, 15) is 4.79 Å². The average molecular weight is 393 g/mol. The number of nitrogens with one attached hydrogen (secondary N) is 1. The molecule has 2 heterocycles. The van der Waals surface area contributed by atoms with Gasteiger partial charge in [-0.2, -0.15) is 0 Å². The number of hydrogen-bond donors (Lipinski definition) is 1. The monoisotopic (exact) mass is 392 g/mol. The molecule has 1 fully saturated rings. The molecular formula is C25H32N2O2. The number of benzene rings is 2. The zero-order valence-electron chi connectivity index (χ0n) is 17.6. The lowest BCUT2D eigenvalue weighted by molar-refractivity contribution is 0.0619. The molecule has 1 atom stereocenters. The van der Waals surface area contributed by atoms with Crippen LogP contribution >= 0.6 is 0 Å². The Kier molecular flexibility index (Phi) is 5.91. The van der Waals surface area contributed by atoms with E-state index in [0.717, 1.165) is 24.3 Å². The SMILES string of the molecule is CC1(C)CC(NC(=O)c2ccc(CN3CCCCCC3)cc2)c2ccccc2O1. The molecule has 4 heteroatoms. The van der Waals surface area contributed by atoms with Crippen LogP contribution in [0, 0.1) is 0 Å². The molecule has 0 spiro atoms. The number of nitrogens with zero attached hydrogens (tertiary/aromatic N) is 1. The number of carbonyl (C=O) groups excluding carboxylic acids is 1. The van der Waals surface area contributed by atoms with E-state index < -0.39 is 0 Å². The molecule has 0 aliphatic carbocycles. The smallest absolute Gasteiger partial charge is 0.251 e. The van der Waals surface area contributed by atoms with Crippen molar-refractivity contribution in [3.05, 3.63) is 65.2 Å². The van der Waals surface area contributed by atoms with Gasteiger partial charge in [0.1, 0.15) is 11.4 Å². The minimum Gasteiger partial charge on any atom is -0.487 e. The predicted molar refractivity (Wildman–Crippen MR) is 116 cm³/mol. The summed E-state index contributed by atoms with van der Waals surface area (Å²) >= 11 is 0. The van der Waals surface area contributed by atoms with Gasteiger partial charge in [0.25, 0.3) is 5.91 Å². The Morgan fingerprint density at radius 2 is 1.72 bits per heavy atom. The molecule has 2 aromatic rings. The fraction of sp³-hybridized carbons (Fsp3) is 0.480. The first-order chi connectivity index (χ1) is 14.0. The predicted octanol–water partition coefficient (Wildman–Crippen LogP) is 5.09. The fourth-order valence-corrected chi connectivity index (χ4v) is 4.49. The molecule has 0 saturated carbocycles. The van der Waals surface area contributed by atoms with Gasteiger partial charge < -0.3 is 10.1 Å². The maximum absolute atomic E-state index is 12.9. The largest absolute Gasteiger partial charge is 0.487 e. The van der Waals surface area contributed by atoms with Gasteiger partial charge in [0.05, 0.1) is 6.04 Å². The van der Waals surface area contributed by atoms with Crippen molar-refractivity contribution in [1.29, 1.82) is 0 Å². The molecule has 1 saturated heterocycles. The third kappa shape index (κ3) is 4.99. The highest BCUT2D eigenvalue weighted by atomic mass is 16.5. The molecule has 1 unspecified atom stereocenters. The minimum atomic E-state index is -0.302. The quantitative estimate of drug-likeness (QED) is 0.787. The Morgan fingerprint density at radius 1 is 1.03 bits per heavy atom. The van der Waals surface area contributed by atoms with E-state index in [1.165, 1.54) is 44.3 Å². The van der Waals surface area contributed by atoms with Crippen molar-refractivity contribution in [2.45, 2.75) is 64.1 Å². The summed E-state index contributed by atoms with van der Waals surface area (Å²) in [4.78, 5) is 15.4. The highest BCUT2D eigenvalue weighted by molar-refractivity contribution is 5.94. The van der Waals surface area contributed by atoms with Crippen molar-refractivity contribution in [2.75, 3.05) is 13.1 Å². The van der Waals surface area contributed by atoms with Crippen LogP contribution < -0.4 is 10.1 Å². The Bertz CT molecular complexity index is 836. The molecule has 1 N–H and O–H groups in total. The standard InChI is InChI=1S/C25H32N2O2/c1-25(2)17-22(21-9-5-6-10-23(21)29-25)26-24(28)20-13-11-19(12-14-20)18-27-15-7-3-4-8-16-27/h5-6,9-14,22H,3-4,7-8,15-18H2,1-2H3,(H,26,28). The number of carbonyl (C=O) groups is 1. The first-order valence-corrected chi connectivity index (χ1v) is 10.9. The lowest BCUT2D eigenvalue weighted by Gasteiger charge is -2.37. The number of rotatable bonds is 4. The average Bonchev–Trinajstić information content (AvgIpc) is 2.96. The molecule has 2 aromatic carbocycles. The Labute approximate surface area is 174 Å². The molecule has 0 radical (unpaired) electrons. The summed E-state index contributed by atoms with van der Waals surface area (Å²) in [6, 6.07) is 16.1. The van der Waals surface area contributed by atoms with Crippen molar-refractivity contribution >= 4 is 5.91 Å². The van der Waals surface area contributed by atoms with Crippen molar-refractivity contribution in [1.82, 2.24) is 10.2 Å². The molecule has 29 heavy (non-hydrogen) atoms. The first kappa shape index (κ1) is 20.0. The lowest BCUT2D eigenvalue weighted by Crippen LogP contribution is -2.41. The summed E-state index contributed by atoms with van der Waals surface area (Å²) in [5.41, 5.74) is 2.74. The van der Waals surface area contributed by atoms with Gasteiger partial charge in [-0.3, -0.25) is 9.69 Å². The summed E-state index contributed by atoms with van der Waals surface area (Å²) < 4.78 is 6.08. The van der Waals surface area contributed by atoms with Gasteiger partial charge in [-0.05, 0) is 63.5 Å². The number of ether oxygens (including phenoxy) is 1. The van der Waals surface area contributed by atoms with Gasteiger partial charge in [0, 0.05) is 24.1 Å². The first-order valence-electron chi connectivity index (χ1n) is 10.9. The van der Waals surface area contributed by atoms with E-state index >= 15 is 0 Å². The summed E-state index contributed by atoms with van der Waals surface area (Å²) in [5, 5.41) is 3.23. The van der Waals surface area contributed by atoms with Gasteiger partial charge >= 0.3 is 0 Å². The van der Waals surface area contributed by atoms with E-state index in [1.54, 1.807) is 0 Å². The molecule has 154 valence electrons. The van der Waals surface area contributed by atoms with Crippen molar-refractivity contribution in [2.24, 2.45) is 0 Å². The van der Waals surface area contributed by atoms with Gasteiger partial charge in [-0.15, -0.1) is 0 Å². The zero-order valence-corrected chi connectivity index (χ0v) is 17.6. The third-order valence-corrected chi connectivity index (χ3v) is 6.00. The summed E-state index contributed by atoms with van der Waals surface area (Å²) in [6.07, 6.45) is 6.04. The number of amides is 1. The van der Waals surface area contributed by atoms with Gasteiger partial charge in [0.15, 0.2) is 0 Å². The van der Waals surface area contributed by atoms with Crippen molar-refractivity contribution in [3.8, 4) is 5.75 Å². The summed E-state index contributed by atoms with van der Waals surface area (Å²) in [7, 11) is 0. The second kappa shape index (κ2) is 8.58. The minimum absolute atomic E-state index is 0.0242. The van der Waals surface area contributed by atoms with Crippen LogP contribution in [-0.4, -0.2) is 29.5 Å². The Balaban J connectivity index is 1.42. The van der Waals surface area contributed by atoms with Crippen LogP contribution in [0.2, 0.25) is 0 Å². The van der Waals surface area contributed by atoms with Crippen LogP contribution in [0.1, 0.15) is 73.5 Å². The van der Waals surface area contributed by atoms with Crippen LogP contribution in [0.5, 0.6) is 5.75 Å². The number of para-hydroxylation sites is 1. The number of likely N-dealkylation sites (tertiary alicyclic amines) is 1. The molecule has 4 nitrogen and oxygen atoms in total. The molecular weight excluding hydrogens is 360 g/mol. The molecule has 0 aromatic heterocycles. The number of fused-ring (bicyclic) bond motifs is 1. The summed E-state index contributed by atoms with van der Waals surface area (Å²) in [6.45, 7) is 7.48. The van der Waals surface area contributed by atoms with Crippen LogP contribution in [0.15, 0.2) is 48.5 Å². The van der Waals surface area contributed by atoms with Gasteiger partial charge in [-0.1, -0.05) is 43.2 Å². The molecule has 4 rings (SSSR count). The summed E-state index contributed by atoms with van der Waals surface area (Å²) in [5.74, 6) is 0.839. The maximum Gasteiger partial charge on any atom is 0.251 e. The fourth-order valence-electron chi connectivity index (χ4n) is 4.49. The zero-order chi connectivity index (χ0) is 20.3. The normalized spacial score (nSPS) is 21.5. The van der Waals surface area contributed by atoms with Crippen LogP contribution in [0.25, 0.3) is 0 Å². The molecule has 1 amide bonds. The highest BCUT2D eigenvalue weighted by Gasteiger charge is 2.34. The van der Waals surface area contributed by atoms with E-state index in [0.29, 0.717) is 5.56 Å². The molecule has 0 bridgehead atoms. The van der Waals surface area contributed by atoms with E-state index in [4.69, 9.17) is 4.74 Å². The topological polar surface area (TPSA) is 41.6 Å². The Hall–Kier alpha value is -2.33. The van der Waals surface area contributed by atoms with Crippen molar-refractivity contribution < 1.29 is 9.53 Å². The van der Waals surface area contributed by atoms with Crippen molar-refractivity contribution in [3.63, 3.8) is 0 Å². The second-order valence-electron chi connectivity index (χ2n) is 9.02. The molecule has 2 aliphatic heterocycles. The van der Waals surface area contributed by atoms with Gasteiger partial charge in [0.2, 0.25) is 0 Å². The lowest BCUT2D eigenvalue weighted by atomic mass is 9.89. The number of hydrogen-bond acceptors (Lipinski definition) is 3. The van der Waals surface area contributed by atoms with E-state index in [-0.39, 0.29) is 17.6 Å². The van der Waals surface area contributed by atoms with Crippen LogP contribution in [-0.2, 0) is 6.54 Å². The van der Waals surface area contributed by atoms with E-state index in [2.05, 4.69) is 36.2 Å². The Morgan fingerprint density at radius 3 is 2.45 bits per heavy atom. The maximum atomic E-state index is 12.9. The van der Waals surface area contributed by atoms with Gasteiger partial charge in [-0.25, -0.2) is 0 Å². The second-order valence-corrected chi connectivity index (χ2v) is 9.02. The van der Waals surface area contributed by atoms with Crippen LogP contribution in [0.3, 0.4) is 0 Å². The van der Waals surface area contributed by atoms with Crippen LogP contribution in [0.4, 0.5) is 0 Å². The van der Waals surface area contributed by atoms with E-state index in [1.807, 2.05) is 36.4 Å².